The van der Waals surface area contributed by atoms with Gasteiger partial charge in [0.25, 0.3) is 5.69 Å². The number of nitro benzene ring substituents is 2. The summed E-state index contributed by atoms with van der Waals surface area (Å²) in [5.41, 5.74) is 5.07. The summed E-state index contributed by atoms with van der Waals surface area (Å²) >= 11 is 0. The van der Waals surface area contributed by atoms with E-state index in [0.717, 1.165) is 12.5 Å². The molecule has 0 atom stereocenters. The van der Waals surface area contributed by atoms with Crippen molar-refractivity contribution in [1.29, 1.82) is 0 Å². The Morgan fingerprint density at radius 3 is 2.48 bits per heavy atom. The quantitative estimate of drug-likeness (QED) is 0.433. The number of non-ortho nitro benzene ring substituents is 1. The molecule has 0 radical (unpaired) electrons. The Morgan fingerprint density at radius 2 is 1.95 bits per heavy atom. The molecular weight excluding hydrogens is 276 g/mol. The molecular formula is C13H18N4O4. The van der Waals surface area contributed by atoms with Gasteiger partial charge in [-0.15, -0.1) is 6.58 Å². The molecule has 0 bridgehead atoms. The predicted molar refractivity (Wildman–Crippen MR) is 80.0 cm³/mol. The molecule has 1 aromatic rings. The van der Waals surface area contributed by atoms with E-state index in [1.54, 1.807) is 6.08 Å². The summed E-state index contributed by atoms with van der Waals surface area (Å²) in [6.07, 6.45) is 2.58. The summed E-state index contributed by atoms with van der Waals surface area (Å²) < 4.78 is 0. The van der Waals surface area contributed by atoms with E-state index in [-0.39, 0.29) is 22.5 Å². The second-order valence-corrected chi connectivity index (χ2v) is 5.35. The maximum absolute atomic E-state index is 11.0. The van der Waals surface area contributed by atoms with Gasteiger partial charge in [-0.3, -0.25) is 20.2 Å². The monoisotopic (exact) mass is 294 g/mol. The van der Waals surface area contributed by atoms with Crippen molar-refractivity contribution in [3.05, 3.63) is 51.1 Å². The number of nitrogens with zero attached hydrogens (tertiary/aromatic N) is 2. The fourth-order valence-corrected chi connectivity index (χ4v) is 1.73. The Morgan fingerprint density at radius 1 is 1.29 bits per heavy atom. The maximum Gasteiger partial charge on any atom is 0.300 e. The minimum Gasteiger partial charge on any atom is -0.316 e. The van der Waals surface area contributed by atoms with Crippen LogP contribution in [0.1, 0.15) is 20.3 Å². The van der Waals surface area contributed by atoms with Gasteiger partial charge < -0.3 is 5.43 Å². The number of allylic oxidation sites excluding steroid dienone is 1. The molecule has 0 saturated heterocycles. The first-order valence-electron chi connectivity index (χ1n) is 6.29. The van der Waals surface area contributed by atoms with Crippen LogP contribution in [0.3, 0.4) is 0 Å². The minimum atomic E-state index is -0.669. The van der Waals surface area contributed by atoms with Crippen LogP contribution < -0.4 is 10.9 Å². The third-order valence-corrected chi connectivity index (χ3v) is 2.88. The lowest BCUT2D eigenvalue weighted by Crippen LogP contribution is -2.33. The van der Waals surface area contributed by atoms with E-state index >= 15 is 0 Å². The zero-order valence-corrected chi connectivity index (χ0v) is 12.0. The Bertz CT molecular complexity index is 557. The van der Waals surface area contributed by atoms with Crippen molar-refractivity contribution in [2.24, 2.45) is 5.41 Å². The van der Waals surface area contributed by atoms with Gasteiger partial charge in [0.15, 0.2) is 0 Å². The number of anilines is 1. The lowest BCUT2D eigenvalue weighted by molar-refractivity contribution is -0.393. The molecule has 0 aliphatic rings. The molecule has 0 spiro atoms. The van der Waals surface area contributed by atoms with Crippen LogP contribution in [0.2, 0.25) is 0 Å². The van der Waals surface area contributed by atoms with Crippen LogP contribution in [0, 0.1) is 25.6 Å². The van der Waals surface area contributed by atoms with Crippen molar-refractivity contribution in [3.8, 4) is 0 Å². The first kappa shape index (κ1) is 16.6. The van der Waals surface area contributed by atoms with E-state index in [4.69, 9.17) is 0 Å². The average molecular weight is 294 g/mol. The van der Waals surface area contributed by atoms with E-state index in [0.29, 0.717) is 6.54 Å². The van der Waals surface area contributed by atoms with Crippen LogP contribution in [0.5, 0.6) is 0 Å². The highest BCUT2D eigenvalue weighted by Gasteiger charge is 2.20. The molecule has 0 aliphatic carbocycles. The van der Waals surface area contributed by atoms with Crippen LogP contribution in [0.4, 0.5) is 17.1 Å². The molecule has 0 aliphatic heterocycles. The molecule has 21 heavy (non-hydrogen) atoms. The van der Waals surface area contributed by atoms with E-state index in [1.807, 2.05) is 13.8 Å². The smallest absolute Gasteiger partial charge is 0.300 e. The van der Waals surface area contributed by atoms with Gasteiger partial charge in [-0.25, -0.2) is 5.43 Å². The molecule has 0 unspecified atom stereocenters. The molecule has 1 rings (SSSR count). The van der Waals surface area contributed by atoms with Crippen LogP contribution >= 0.6 is 0 Å². The van der Waals surface area contributed by atoms with Crippen LogP contribution in [-0.2, 0) is 0 Å². The first-order valence-corrected chi connectivity index (χ1v) is 6.29. The number of hydrogen-bond donors (Lipinski definition) is 2. The van der Waals surface area contributed by atoms with Gasteiger partial charge in [-0.05, 0) is 17.9 Å². The zero-order valence-electron chi connectivity index (χ0n) is 12.0. The fourth-order valence-electron chi connectivity index (χ4n) is 1.73. The van der Waals surface area contributed by atoms with Gasteiger partial charge >= 0.3 is 5.69 Å². The standard InChI is InChI=1S/C13H18N4O4/c1-4-7-13(2,3)9-14-15-11-6-5-10(16(18)19)8-12(11)17(20)21/h4-6,8,14-15H,1,7,9H2,2-3H3. The number of hydrogen-bond acceptors (Lipinski definition) is 6. The molecule has 8 nitrogen and oxygen atoms in total. The second-order valence-electron chi connectivity index (χ2n) is 5.35. The zero-order chi connectivity index (χ0) is 16.0. The van der Waals surface area contributed by atoms with Crippen molar-refractivity contribution in [3.63, 3.8) is 0 Å². The van der Waals surface area contributed by atoms with E-state index in [2.05, 4.69) is 17.4 Å². The second kappa shape index (κ2) is 6.80. The van der Waals surface area contributed by atoms with Crippen molar-refractivity contribution in [2.45, 2.75) is 20.3 Å². The van der Waals surface area contributed by atoms with Gasteiger partial charge in [-0.2, -0.15) is 0 Å². The fraction of sp³-hybridized carbons (Fsp3) is 0.385. The summed E-state index contributed by atoms with van der Waals surface area (Å²) in [5.74, 6) is 0. The van der Waals surface area contributed by atoms with Crippen LogP contribution in [0.25, 0.3) is 0 Å². The Hall–Kier alpha value is -2.48. The SMILES string of the molecule is C=CCC(C)(C)CNNc1ccc([N+](=O)[O-])cc1[N+](=O)[O-]. The van der Waals surface area contributed by atoms with Crippen LogP contribution in [-0.4, -0.2) is 16.4 Å². The summed E-state index contributed by atoms with van der Waals surface area (Å²) in [5, 5.41) is 21.6. The van der Waals surface area contributed by atoms with Gasteiger partial charge in [-0.1, -0.05) is 19.9 Å². The Kier molecular flexibility index (Phi) is 5.37. The Labute approximate surface area is 122 Å². The highest BCUT2D eigenvalue weighted by atomic mass is 16.6. The number of nitro groups is 2. The molecule has 1 aromatic carbocycles. The van der Waals surface area contributed by atoms with Gasteiger partial charge in [0.2, 0.25) is 0 Å². The van der Waals surface area contributed by atoms with Gasteiger partial charge in [0.05, 0.1) is 15.9 Å². The summed E-state index contributed by atoms with van der Waals surface area (Å²) in [7, 11) is 0. The molecule has 0 heterocycles. The average Bonchev–Trinajstić information content (AvgIpc) is 2.38. The highest BCUT2D eigenvalue weighted by molar-refractivity contribution is 5.64. The molecule has 0 fully saturated rings. The lowest BCUT2D eigenvalue weighted by atomic mass is 9.90. The maximum atomic E-state index is 11.0. The van der Waals surface area contributed by atoms with E-state index in [1.165, 1.54) is 12.1 Å². The van der Waals surface area contributed by atoms with Crippen molar-refractivity contribution < 1.29 is 9.85 Å². The molecule has 0 amide bonds. The third kappa shape index (κ3) is 4.84. The lowest BCUT2D eigenvalue weighted by Gasteiger charge is -2.23. The number of nitrogens with one attached hydrogen (secondary N) is 2. The molecule has 0 saturated carbocycles. The van der Waals surface area contributed by atoms with E-state index < -0.39 is 9.85 Å². The van der Waals surface area contributed by atoms with Gasteiger partial charge in [0, 0.05) is 12.6 Å². The van der Waals surface area contributed by atoms with Crippen LogP contribution in [0.15, 0.2) is 30.9 Å². The van der Waals surface area contributed by atoms with Crippen molar-refractivity contribution in [2.75, 3.05) is 12.0 Å². The topological polar surface area (TPSA) is 110 Å². The van der Waals surface area contributed by atoms with Crippen molar-refractivity contribution in [1.82, 2.24) is 5.43 Å². The molecule has 114 valence electrons. The van der Waals surface area contributed by atoms with Crippen molar-refractivity contribution >= 4 is 17.1 Å². The number of hydrazine groups is 1. The highest BCUT2D eigenvalue weighted by Crippen LogP contribution is 2.28. The summed E-state index contributed by atoms with van der Waals surface area (Å²) in [6, 6.07) is 3.45. The normalized spacial score (nSPS) is 11.0. The predicted octanol–water partition coefficient (Wildman–Crippen LogP) is 3.02. The largest absolute Gasteiger partial charge is 0.316 e. The number of rotatable bonds is 8. The molecule has 2 N–H and O–H groups in total. The first-order chi connectivity index (χ1) is 9.76. The summed E-state index contributed by atoms with van der Waals surface area (Å²) in [4.78, 5) is 20.3. The molecule has 0 aromatic heterocycles. The van der Waals surface area contributed by atoms with Gasteiger partial charge in [0.1, 0.15) is 5.69 Å². The number of benzene rings is 1. The summed E-state index contributed by atoms with van der Waals surface area (Å²) in [6.45, 7) is 8.27. The molecule has 8 heteroatoms. The van der Waals surface area contributed by atoms with E-state index in [9.17, 15) is 20.2 Å². The Balaban J connectivity index is 2.81. The minimum absolute atomic E-state index is 0.0652. The third-order valence-electron chi connectivity index (χ3n) is 2.88.